The van der Waals surface area contributed by atoms with Crippen LogP contribution >= 0.6 is 11.6 Å². The Morgan fingerprint density at radius 1 is 1.29 bits per heavy atom. The first kappa shape index (κ1) is 11.4. The number of allylic oxidation sites excluding steroid dienone is 1. The van der Waals surface area contributed by atoms with E-state index in [0.29, 0.717) is 5.76 Å². The van der Waals surface area contributed by atoms with Gasteiger partial charge in [-0.2, -0.15) is 0 Å². The number of nitrogens with two attached hydrogens (primary N) is 1. The molecule has 0 saturated heterocycles. The predicted molar refractivity (Wildman–Crippen MR) is 68.4 cm³/mol. The van der Waals surface area contributed by atoms with E-state index in [1.807, 2.05) is 24.3 Å². The maximum absolute atomic E-state index is 5.61. The van der Waals surface area contributed by atoms with Crippen LogP contribution < -0.4 is 5.73 Å². The lowest BCUT2D eigenvalue weighted by Gasteiger charge is -1.96. The number of aromatic nitrogens is 1. The Bertz CT molecular complexity index is 543. The van der Waals surface area contributed by atoms with Crippen LogP contribution in [0, 0.1) is 0 Å². The monoisotopic (exact) mass is 247 g/mol. The molecule has 2 aromatic rings. The molecule has 0 atom stereocenters. The lowest BCUT2D eigenvalue weighted by molar-refractivity contribution is 0.574. The third-order valence-corrected chi connectivity index (χ3v) is 2.22. The quantitative estimate of drug-likeness (QED) is 0.848. The molecule has 0 saturated carbocycles. The fourth-order valence-electron chi connectivity index (χ4n) is 1.28. The standard InChI is InChI=1S/C12H10ClN3O/c13-12-16-8-11(17-12)9-2-4-10(5-3-9)15-7-1-6-14/h1-8H,14H2. The molecule has 0 amide bonds. The summed E-state index contributed by atoms with van der Waals surface area (Å²) >= 11 is 5.61. The molecule has 86 valence electrons. The zero-order valence-electron chi connectivity index (χ0n) is 8.88. The van der Waals surface area contributed by atoms with Crippen LogP contribution in [0.4, 0.5) is 5.69 Å². The zero-order chi connectivity index (χ0) is 12.1. The van der Waals surface area contributed by atoms with Crippen LogP contribution in [-0.2, 0) is 0 Å². The Hall–Kier alpha value is -2.07. The molecule has 2 rings (SSSR count). The number of benzene rings is 1. The van der Waals surface area contributed by atoms with Crippen molar-refractivity contribution in [1.82, 2.24) is 4.98 Å². The second-order valence-electron chi connectivity index (χ2n) is 3.19. The summed E-state index contributed by atoms with van der Waals surface area (Å²) in [6.07, 6.45) is 6.29. The van der Waals surface area contributed by atoms with E-state index in [9.17, 15) is 0 Å². The lowest BCUT2D eigenvalue weighted by Crippen LogP contribution is -1.76. The van der Waals surface area contributed by atoms with E-state index in [1.54, 1.807) is 18.5 Å². The van der Waals surface area contributed by atoms with Gasteiger partial charge in [0.1, 0.15) is 0 Å². The van der Waals surface area contributed by atoms with E-state index >= 15 is 0 Å². The van der Waals surface area contributed by atoms with Gasteiger partial charge in [-0.25, -0.2) is 4.98 Å². The van der Waals surface area contributed by atoms with Gasteiger partial charge in [0.2, 0.25) is 0 Å². The molecule has 0 aliphatic heterocycles. The number of halogens is 1. The largest absolute Gasteiger partial charge is 0.428 e. The van der Waals surface area contributed by atoms with Crippen LogP contribution in [0.25, 0.3) is 11.3 Å². The van der Waals surface area contributed by atoms with Crippen molar-refractivity contribution in [3.63, 3.8) is 0 Å². The smallest absolute Gasteiger partial charge is 0.292 e. The minimum Gasteiger partial charge on any atom is -0.428 e. The van der Waals surface area contributed by atoms with E-state index in [-0.39, 0.29) is 5.35 Å². The molecule has 1 aromatic carbocycles. The van der Waals surface area contributed by atoms with Crippen molar-refractivity contribution in [2.24, 2.45) is 10.7 Å². The highest BCUT2D eigenvalue weighted by atomic mass is 35.5. The molecule has 0 spiro atoms. The first-order valence-corrected chi connectivity index (χ1v) is 5.30. The summed E-state index contributed by atoms with van der Waals surface area (Å²) in [7, 11) is 0. The number of oxazole rings is 1. The zero-order valence-corrected chi connectivity index (χ0v) is 9.63. The maximum Gasteiger partial charge on any atom is 0.292 e. The fraction of sp³-hybridized carbons (Fsp3) is 0. The van der Waals surface area contributed by atoms with Crippen LogP contribution in [0.15, 0.2) is 52.1 Å². The Balaban J connectivity index is 2.18. The number of nitrogens with zero attached hydrogens (tertiary/aromatic N) is 2. The van der Waals surface area contributed by atoms with Crippen molar-refractivity contribution >= 4 is 23.5 Å². The SMILES string of the molecule is NC=CC=Nc1ccc(-c2cnc(Cl)o2)cc1. The summed E-state index contributed by atoms with van der Waals surface area (Å²) in [5, 5.41) is 0.134. The minimum atomic E-state index is 0.134. The summed E-state index contributed by atoms with van der Waals surface area (Å²) in [6, 6.07) is 7.50. The van der Waals surface area contributed by atoms with Crippen molar-refractivity contribution in [2.75, 3.05) is 0 Å². The summed E-state index contributed by atoms with van der Waals surface area (Å²) in [5.41, 5.74) is 6.92. The highest BCUT2D eigenvalue weighted by molar-refractivity contribution is 6.27. The van der Waals surface area contributed by atoms with Crippen molar-refractivity contribution in [3.8, 4) is 11.3 Å². The van der Waals surface area contributed by atoms with Gasteiger partial charge >= 0.3 is 0 Å². The predicted octanol–water partition coefficient (Wildman–Crippen LogP) is 3.17. The summed E-state index contributed by atoms with van der Waals surface area (Å²) in [5.74, 6) is 0.632. The van der Waals surface area contributed by atoms with Gasteiger partial charge in [0, 0.05) is 11.8 Å². The molecule has 1 aromatic heterocycles. The third kappa shape index (κ3) is 2.95. The molecule has 0 aliphatic carbocycles. The molecule has 1 heterocycles. The molecule has 0 unspecified atom stereocenters. The number of aliphatic imine (C=N–C) groups is 1. The van der Waals surface area contributed by atoms with Crippen LogP contribution in [0.3, 0.4) is 0 Å². The number of hydrogen-bond acceptors (Lipinski definition) is 4. The first-order chi connectivity index (χ1) is 8.29. The molecule has 0 radical (unpaired) electrons. The molecular weight excluding hydrogens is 238 g/mol. The van der Waals surface area contributed by atoms with Gasteiger partial charge in [-0.05, 0) is 48.1 Å². The van der Waals surface area contributed by atoms with E-state index in [4.69, 9.17) is 21.8 Å². The molecule has 17 heavy (non-hydrogen) atoms. The Labute approximate surface area is 103 Å². The summed E-state index contributed by atoms with van der Waals surface area (Å²) in [6.45, 7) is 0. The van der Waals surface area contributed by atoms with Crippen molar-refractivity contribution < 1.29 is 4.42 Å². The Morgan fingerprint density at radius 2 is 2.06 bits per heavy atom. The minimum absolute atomic E-state index is 0.134. The van der Waals surface area contributed by atoms with Gasteiger partial charge in [0.15, 0.2) is 5.76 Å². The highest BCUT2D eigenvalue weighted by Crippen LogP contribution is 2.24. The van der Waals surface area contributed by atoms with Crippen LogP contribution in [0.1, 0.15) is 0 Å². The van der Waals surface area contributed by atoms with Gasteiger partial charge in [0.05, 0.1) is 11.9 Å². The molecule has 0 aliphatic rings. The average molecular weight is 248 g/mol. The van der Waals surface area contributed by atoms with Gasteiger partial charge in [-0.1, -0.05) is 0 Å². The van der Waals surface area contributed by atoms with Gasteiger partial charge in [-0.3, -0.25) is 4.99 Å². The second kappa shape index (κ2) is 5.32. The summed E-state index contributed by atoms with van der Waals surface area (Å²) < 4.78 is 5.20. The maximum atomic E-state index is 5.61. The van der Waals surface area contributed by atoms with E-state index in [1.165, 1.54) is 6.20 Å². The normalized spacial score (nSPS) is 11.6. The molecule has 0 fully saturated rings. The molecular formula is C12H10ClN3O. The molecule has 2 N–H and O–H groups in total. The van der Waals surface area contributed by atoms with Crippen molar-refractivity contribution in [2.45, 2.75) is 0 Å². The Kier molecular flexibility index (Phi) is 3.57. The fourth-order valence-corrected chi connectivity index (χ4v) is 1.41. The molecule has 5 heteroatoms. The van der Waals surface area contributed by atoms with Crippen LogP contribution in [0.5, 0.6) is 0 Å². The lowest BCUT2D eigenvalue weighted by atomic mass is 10.2. The van der Waals surface area contributed by atoms with Crippen LogP contribution in [-0.4, -0.2) is 11.2 Å². The Morgan fingerprint density at radius 3 is 2.65 bits per heavy atom. The molecule has 0 bridgehead atoms. The topological polar surface area (TPSA) is 64.4 Å². The van der Waals surface area contributed by atoms with E-state index in [2.05, 4.69) is 9.98 Å². The van der Waals surface area contributed by atoms with Gasteiger partial charge in [-0.15, -0.1) is 0 Å². The van der Waals surface area contributed by atoms with Gasteiger partial charge in [0.25, 0.3) is 5.35 Å². The average Bonchev–Trinajstić information content (AvgIpc) is 2.77. The van der Waals surface area contributed by atoms with Gasteiger partial charge < -0.3 is 10.2 Å². The highest BCUT2D eigenvalue weighted by Gasteiger charge is 2.03. The second-order valence-corrected chi connectivity index (χ2v) is 3.51. The van der Waals surface area contributed by atoms with Crippen molar-refractivity contribution in [1.29, 1.82) is 0 Å². The first-order valence-electron chi connectivity index (χ1n) is 4.92. The number of rotatable bonds is 3. The number of hydrogen-bond donors (Lipinski definition) is 1. The third-order valence-electron chi connectivity index (χ3n) is 2.05. The van der Waals surface area contributed by atoms with Crippen molar-refractivity contribution in [3.05, 3.63) is 48.1 Å². The molecule has 4 nitrogen and oxygen atoms in total. The van der Waals surface area contributed by atoms with E-state index < -0.39 is 0 Å². The van der Waals surface area contributed by atoms with E-state index in [0.717, 1.165) is 11.3 Å². The summed E-state index contributed by atoms with van der Waals surface area (Å²) in [4.78, 5) is 7.99. The van der Waals surface area contributed by atoms with Crippen LogP contribution in [0.2, 0.25) is 5.35 Å².